The summed E-state index contributed by atoms with van der Waals surface area (Å²) < 4.78 is 1.12. The van der Waals surface area contributed by atoms with E-state index in [9.17, 15) is 14.4 Å². The molecule has 0 saturated carbocycles. The standard InChI is InChI=1S/C32H34N7O3.Po/c1-4-6-14-27(40)33-16-17-39-31(41)24-13-9-12-23-28(24)26(32(39)42)19-25(29(23)34-15-7-5-2)21-10-8-11-22(18-21)30-37-35-20(3)36-38-30;/h8-13,18-19,34H,1,4-7,14-17H2,2-3H3,(H,33,40);. The molecule has 3 amide bonds. The summed E-state index contributed by atoms with van der Waals surface area (Å²) in [5.74, 6) is 0.113. The maximum atomic E-state index is 13.9. The van der Waals surface area contributed by atoms with E-state index >= 15 is 0 Å². The van der Waals surface area contributed by atoms with E-state index in [-0.39, 0.29) is 30.8 Å². The Balaban J connectivity index is 1.54. The summed E-state index contributed by atoms with van der Waals surface area (Å²) in [4.78, 5) is 41.0. The fourth-order valence-corrected chi connectivity index (χ4v) is 6.02. The summed E-state index contributed by atoms with van der Waals surface area (Å²) >= 11 is 1.52. The average molecular weight is 774 g/mol. The van der Waals surface area contributed by atoms with Crippen molar-refractivity contribution in [1.82, 2.24) is 30.6 Å². The monoisotopic (exact) mass is 773 g/mol. The molecule has 1 aliphatic heterocycles. The number of anilines is 1. The van der Waals surface area contributed by atoms with Crippen LogP contribution in [0.3, 0.4) is 0 Å². The third-order valence-corrected chi connectivity index (χ3v) is 8.53. The van der Waals surface area contributed by atoms with Crippen LogP contribution < -0.4 is 10.6 Å². The molecule has 0 bridgehead atoms. The van der Waals surface area contributed by atoms with Crippen molar-refractivity contribution in [3.8, 4) is 22.5 Å². The molecule has 2 N–H and O–H groups in total. The fourth-order valence-electron chi connectivity index (χ4n) is 5.23. The molecule has 3 aromatic carbocycles. The van der Waals surface area contributed by atoms with E-state index in [1.54, 1.807) is 13.0 Å². The molecule has 0 fully saturated rings. The Morgan fingerprint density at radius 1 is 0.860 bits per heavy atom. The van der Waals surface area contributed by atoms with Crippen LogP contribution >= 0.6 is 0 Å². The Labute approximate surface area is 266 Å². The number of nitrogens with zero attached hydrogens (tertiary/aromatic N) is 5. The zero-order valence-electron chi connectivity index (χ0n) is 24.4. The molecule has 11 heteroatoms. The van der Waals surface area contributed by atoms with Gasteiger partial charge in [0.2, 0.25) is 5.82 Å². The van der Waals surface area contributed by atoms with Crippen LogP contribution in [-0.2, 0) is 4.79 Å². The molecule has 5 rings (SSSR count). The van der Waals surface area contributed by atoms with Gasteiger partial charge in [0.25, 0.3) is 0 Å². The van der Waals surface area contributed by atoms with Gasteiger partial charge in [0.05, 0.1) is 0 Å². The molecule has 2 heterocycles. The molecule has 43 heavy (non-hydrogen) atoms. The quantitative estimate of drug-likeness (QED) is 0.147. The summed E-state index contributed by atoms with van der Waals surface area (Å²) in [6.07, 6.45) is 4.31. The summed E-state index contributed by atoms with van der Waals surface area (Å²) in [6, 6.07) is 15.2. The predicted molar refractivity (Wildman–Crippen MR) is 167 cm³/mol. The number of imide groups is 1. The Kier molecular flexibility index (Phi) is 10.0. The van der Waals surface area contributed by atoms with Crippen molar-refractivity contribution >= 4 is 59.2 Å². The van der Waals surface area contributed by atoms with Gasteiger partial charge in [0.1, 0.15) is 0 Å². The number of aryl methyl sites for hydroxylation is 1. The Morgan fingerprint density at radius 2 is 1.60 bits per heavy atom. The molecule has 4 aromatic rings. The molecule has 1 radical (unpaired) electrons. The van der Waals surface area contributed by atoms with E-state index in [0.717, 1.165) is 64.1 Å². The van der Waals surface area contributed by atoms with Gasteiger partial charge in [-0.05, 0) is 25.0 Å². The van der Waals surface area contributed by atoms with Gasteiger partial charge in [0, 0.05) is 28.7 Å². The molecule has 0 spiro atoms. The Hall–Kier alpha value is -3.83. The topological polar surface area (TPSA) is 130 Å². The first kappa shape index (κ1) is 30.6. The van der Waals surface area contributed by atoms with Gasteiger partial charge in [-0.2, -0.15) is 0 Å². The normalized spacial score (nSPS) is 12.6. The fraction of sp³-hybridized carbons (Fsp3) is 0.344. The van der Waals surface area contributed by atoms with Gasteiger partial charge in [-0.25, -0.2) is 0 Å². The maximum absolute atomic E-state index is 13.9. The number of rotatable bonds is 13. The molecule has 10 nitrogen and oxygen atoms in total. The van der Waals surface area contributed by atoms with Gasteiger partial charge >= 0.3 is 132 Å². The third kappa shape index (κ3) is 6.72. The second kappa shape index (κ2) is 14.1. The molecule has 1 aromatic heterocycles. The molecule has 1 aliphatic rings. The van der Waals surface area contributed by atoms with Crippen LogP contribution in [0.1, 0.15) is 65.6 Å². The average Bonchev–Trinajstić information content (AvgIpc) is 3.02. The SMILES string of the molecule is CCCCNc1c(-c2cccc(-c3nnc(C)nn3)c2)cc2c3c(cccc13)C(=O)N(CCNC(=O)CCC[CH2][Po])C2=O. The van der Waals surface area contributed by atoms with E-state index < -0.39 is 0 Å². The minimum atomic E-state index is -0.371. The zero-order valence-corrected chi connectivity index (χ0v) is 27.5. The van der Waals surface area contributed by atoms with E-state index in [4.69, 9.17) is 0 Å². The minimum absolute atomic E-state index is 0.0595. The second-order valence-electron chi connectivity index (χ2n) is 10.5. The Morgan fingerprint density at radius 3 is 2.37 bits per heavy atom. The van der Waals surface area contributed by atoms with Crippen LogP contribution in [0.4, 0.5) is 5.69 Å². The van der Waals surface area contributed by atoms with Crippen molar-refractivity contribution in [3.63, 3.8) is 0 Å². The van der Waals surface area contributed by atoms with Crippen molar-refractivity contribution in [3.05, 3.63) is 65.5 Å². The first-order valence-electron chi connectivity index (χ1n) is 14.6. The number of unbranched alkanes of at least 4 members (excludes halogenated alkanes) is 2. The Bertz CT molecular complexity index is 1660. The number of carbonyl (C=O) groups is 3. The van der Waals surface area contributed by atoms with Gasteiger partial charge < -0.3 is 5.32 Å². The van der Waals surface area contributed by atoms with Crippen LogP contribution in [0.25, 0.3) is 33.3 Å². The van der Waals surface area contributed by atoms with Gasteiger partial charge in [-0.1, -0.05) is 43.7 Å². The van der Waals surface area contributed by atoms with E-state index in [0.29, 0.717) is 34.6 Å². The first-order valence-corrected chi connectivity index (χ1v) is 16.9. The molecular formula is C32H34N7O3Po. The van der Waals surface area contributed by atoms with Crippen molar-refractivity contribution in [2.45, 2.75) is 50.0 Å². The molecule has 0 saturated heterocycles. The van der Waals surface area contributed by atoms with Crippen molar-refractivity contribution < 1.29 is 14.4 Å². The molecule has 0 aliphatic carbocycles. The zero-order chi connectivity index (χ0) is 30.3. The van der Waals surface area contributed by atoms with Crippen molar-refractivity contribution in [2.75, 3.05) is 25.0 Å². The van der Waals surface area contributed by atoms with Crippen LogP contribution in [-0.4, -0.2) is 87.7 Å². The number of nitrogens with one attached hydrogen (secondary N) is 2. The van der Waals surface area contributed by atoms with E-state index in [1.807, 2.05) is 42.5 Å². The van der Waals surface area contributed by atoms with Gasteiger partial charge in [-0.15, -0.1) is 20.4 Å². The van der Waals surface area contributed by atoms with E-state index in [1.165, 1.54) is 30.0 Å². The number of benzene rings is 3. The summed E-state index contributed by atoms with van der Waals surface area (Å²) in [5, 5.41) is 24.4. The molecule has 0 atom stereocenters. The van der Waals surface area contributed by atoms with Crippen LogP contribution in [0, 0.1) is 6.92 Å². The second-order valence-corrected chi connectivity index (χ2v) is 12.1. The summed E-state index contributed by atoms with van der Waals surface area (Å²) in [7, 11) is 0. The van der Waals surface area contributed by atoms with Crippen LogP contribution in [0.5, 0.6) is 0 Å². The van der Waals surface area contributed by atoms with Crippen molar-refractivity contribution in [2.24, 2.45) is 0 Å². The van der Waals surface area contributed by atoms with E-state index in [2.05, 4.69) is 38.0 Å². The summed E-state index contributed by atoms with van der Waals surface area (Å²) in [6.45, 7) is 4.92. The first-order chi connectivity index (χ1) is 20.9. The van der Waals surface area contributed by atoms with Crippen LogP contribution in [0.2, 0.25) is 4.08 Å². The number of carbonyl (C=O) groups excluding carboxylic acids is 3. The van der Waals surface area contributed by atoms with Gasteiger partial charge in [0.15, 0.2) is 5.82 Å². The summed E-state index contributed by atoms with van der Waals surface area (Å²) in [5.41, 5.74) is 4.24. The van der Waals surface area contributed by atoms with Crippen LogP contribution in [0.15, 0.2) is 48.5 Å². The molecule has 221 valence electrons. The number of hydrogen-bond donors (Lipinski definition) is 2. The molecule has 0 unspecified atom stereocenters. The number of amides is 3. The molecular weight excluding hydrogens is 739 g/mol. The number of hydrogen-bond acceptors (Lipinski definition) is 8. The van der Waals surface area contributed by atoms with Crippen molar-refractivity contribution in [1.29, 1.82) is 0 Å². The number of aromatic nitrogens is 4. The van der Waals surface area contributed by atoms with Gasteiger partial charge in [-0.3, -0.25) is 0 Å². The predicted octanol–water partition coefficient (Wildman–Crippen LogP) is 4.74. The third-order valence-electron chi connectivity index (χ3n) is 7.41.